The molecule has 0 unspecified atom stereocenters. The predicted octanol–water partition coefficient (Wildman–Crippen LogP) is 2.13. The highest BCUT2D eigenvalue weighted by Gasteiger charge is 2.23. The number of rotatable bonds is 3. The molecule has 17 heavy (non-hydrogen) atoms. The molecule has 3 N–H and O–H groups in total. The Bertz CT molecular complexity index is 518. The number of benzene rings is 1. The number of hydrogen-bond donors (Lipinski definition) is 3. The number of aliphatic hydroxyl groups is 1. The summed E-state index contributed by atoms with van der Waals surface area (Å²) in [5, 5.41) is 13.7. The van der Waals surface area contributed by atoms with Crippen molar-refractivity contribution in [1.82, 2.24) is 10.3 Å². The zero-order valence-electron chi connectivity index (χ0n) is 9.87. The number of aromatic nitrogens is 1. The molecule has 0 radical (unpaired) electrons. The van der Waals surface area contributed by atoms with Crippen molar-refractivity contribution in [3.05, 3.63) is 35.5 Å². The molecule has 1 aliphatic carbocycles. The molecule has 0 aliphatic heterocycles. The number of hydrogen-bond acceptors (Lipinski definition) is 2. The van der Waals surface area contributed by atoms with Gasteiger partial charge in [0.15, 0.2) is 0 Å². The summed E-state index contributed by atoms with van der Waals surface area (Å²) in [6.07, 6.45) is 3.54. The Hall–Kier alpha value is -1.32. The maximum Gasteiger partial charge on any atom is 0.0556 e. The standard InChI is InChI=1S/C14H18N2O/c17-9-8-15-13-7-3-5-11-10-4-1-2-6-12(10)16-14(11)13/h1-2,4,6,13,15-17H,3,5,7-9H2/t13-/m1/s1. The molecule has 0 saturated heterocycles. The van der Waals surface area contributed by atoms with E-state index in [1.807, 2.05) is 0 Å². The number of para-hydroxylation sites is 1. The van der Waals surface area contributed by atoms with Crippen molar-refractivity contribution < 1.29 is 5.11 Å². The average Bonchev–Trinajstić information content (AvgIpc) is 2.75. The Morgan fingerprint density at radius 1 is 1.35 bits per heavy atom. The first-order valence-corrected chi connectivity index (χ1v) is 6.34. The van der Waals surface area contributed by atoms with E-state index in [0.29, 0.717) is 12.6 Å². The fraction of sp³-hybridized carbons (Fsp3) is 0.429. The van der Waals surface area contributed by atoms with Crippen molar-refractivity contribution in [2.24, 2.45) is 0 Å². The monoisotopic (exact) mass is 230 g/mol. The molecule has 0 spiro atoms. The van der Waals surface area contributed by atoms with E-state index < -0.39 is 0 Å². The predicted molar refractivity (Wildman–Crippen MR) is 69.1 cm³/mol. The van der Waals surface area contributed by atoms with Crippen LogP contribution in [0, 0.1) is 0 Å². The second kappa shape index (κ2) is 4.51. The van der Waals surface area contributed by atoms with Crippen molar-refractivity contribution >= 4 is 10.9 Å². The summed E-state index contributed by atoms with van der Waals surface area (Å²) < 4.78 is 0. The van der Waals surface area contributed by atoms with Gasteiger partial charge in [0.1, 0.15) is 0 Å². The normalized spacial score (nSPS) is 19.5. The van der Waals surface area contributed by atoms with Crippen LogP contribution in [0.15, 0.2) is 24.3 Å². The molecular formula is C14H18N2O. The van der Waals surface area contributed by atoms with Gasteiger partial charge in [-0.2, -0.15) is 0 Å². The first-order valence-electron chi connectivity index (χ1n) is 6.34. The number of nitrogens with one attached hydrogen (secondary N) is 2. The molecule has 1 aromatic heterocycles. The van der Waals surface area contributed by atoms with Gasteiger partial charge in [-0.3, -0.25) is 0 Å². The van der Waals surface area contributed by atoms with E-state index in [4.69, 9.17) is 5.11 Å². The van der Waals surface area contributed by atoms with Gasteiger partial charge in [0.05, 0.1) is 6.61 Å². The summed E-state index contributed by atoms with van der Waals surface area (Å²) in [4.78, 5) is 3.53. The topological polar surface area (TPSA) is 48.0 Å². The van der Waals surface area contributed by atoms with Gasteiger partial charge in [0, 0.05) is 29.2 Å². The Morgan fingerprint density at radius 3 is 3.12 bits per heavy atom. The van der Waals surface area contributed by atoms with Crippen LogP contribution in [0.25, 0.3) is 10.9 Å². The molecule has 0 amide bonds. The number of aryl methyl sites for hydroxylation is 1. The molecule has 1 aliphatic rings. The second-order valence-electron chi connectivity index (χ2n) is 4.69. The highest BCUT2D eigenvalue weighted by atomic mass is 16.3. The van der Waals surface area contributed by atoms with Crippen LogP contribution in [0.3, 0.4) is 0 Å². The van der Waals surface area contributed by atoms with E-state index in [9.17, 15) is 0 Å². The van der Waals surface area contributed by atoms with E-state index in [1.54, 1.807) is 0 Å². The summed E-state index contributed by atoms with van der Waals surface area (Å²) in [6, 6.07) is 8.87. The highest BCUT2D eigenvalue weighted by Crippen LogP contribution is 2.34. The lowest BCUT2D eigenvalue weighted by atomic mass is 9.92. The maximum atomic E-state index is 8.91. The SMILES string of the molecule is OCCN[C@@H]1CCCc2c1[nH]c1ccccc21. The van der Waals surface area contributed by atoms with Gasteiger partial charge in [-0.05, 0) is 30.9 Å². The molecule has 2 aromatic rings. The van der Waals surface area contributed by atoms with Gasteiger partial charge in [-0.25, -0.2) is 0 Å². The quantitative estimate of drug-likeness (QED) is 0.756. The fourth-order valence-corrected chi connectivity index (χ4v) is 2.86. The molecule has 3 rings (SSSR count). The van der Waals surface area contributed by atoms with E-state index in [0.717, 1.165) is 12.8 Å². The largest absolute Gasteiger partial charge is 0.395 e. The Kier molecular flexibility index (Phi) is 2.87. The molecule has 0 bridgehead atoms. The van der Waals surface area contributed by atoms with Gasteiger partial charge in [0.25, 0.3) is 0 Å². The smallest absolute Gasteiger partial charge is 0.0556 e. The van der Waals surface area contributed by atoms with Crippen molar-refractivity contribution in [3.63, 3.8) is 0 Å². The maximum absolute atomic E-state index is 8.91. The first kappa shape index (κ1) is 10.8. The summed E-state index contributed by atoms with van der Waals surface area (Å²) >= 11 is 0. The van der Waals surface area contributed by atoms with Crippen LogP contribution in [0.4, 0.5) is 0 Å². The van der Waals surface area contributed by atoms with Crippen LogP contribution in [-0.4, -0.2) is 23.2 Å². The van der Waals surface area contributed by atoms with E-state index >= 15 is 0 Å². The molecule has 3 nitrogen and oxygen atoms in total. The molecule has 3 heteroatoms. The fourth-order valence-electron chi connectivity index (χ4n) is 2.86. The lowest BCUT2D eigenvalue weighted by molar-refractivity contribution is 0.280. The van der Waals surface area contributed by atoms with Crippen LogP contribution in [-0.2, 0) is 6.42 Å². The zero-order chi connectivity index (χ0) is 11.7. The second-order valence-corrected chi connectivity index (χ2v) is 4.69. The molecular weight excluding hydrogens is 212 g/mol. The minimum atomic E-state index is 0.200. The molecule has 0 saturated carbocycles. The van der Waals surface area contributed by atoms with Crippen LogP contribution >= 0.6 is 0 Å². The lowest BCUT2D eigenvalue weighted by Gasteiger charge is -2.23. The molecule has 90 valence electrons. The molecule has 1 aromatic carbocycles. The average molecular weight is 230 g/mol. The summed E-state index contributed by atoms with van der Waals surface area (Å²) in [5.74, 6) is 0. The molecule has 1 heterocycles. The third-order valence-corrected chi connectivity index (χ3v) is 3.62. The Labute approximate surface area is 101 Å². The van der Waals surface area contributed by atoms with Crippen molar-refractivity contribution in [2.75, 3.05) is 13.2 Å². The van der Waals surface area contributed by atoms with Crippen molar-refractivity contribution in [2.45, 2.75) is 25.3 Å². The Balaban J connectivity index is 2.02. The Morgan fingerprint density at radius 2 is 2.24 bits per heavy atom. The van der Waals surface area contributed by atoms with Gasteiger partial charge < -0.3 is 15.4 Å². The van der Waals surface area contributed by atoms with Crippen molar-refractivity contribution in [3.8, 4) is 0 Å². The highest BCUT2D eigenvalue weighted by molar-refractivity contribution is 5.85. The van der Waals surface area contributed by atoms with Crippen LogP contribution in [0.1, 0.15) is 30.1 Å². The molecule has 1 atom stereocenters. The summed E-state index contributed by atoms with van der Waals surface area (Å²) in [7, 11) is 0. The van der Waals surface area contributed by atoms with Crippen LogP contribution in [0.2, 0.25) is 0 Å². The third kappa shape index (κ3) is 1.85. The van der Waals surface area contributed by atoms with Gasteiger partial charge in [-0.1, -0.05) is 18.2 Å². The third-order valence-electron chi connectivity index (χ3n) is 3.62. The van der Waals surface area contributed by atoms with E-state index in [-0.39, 0.29) is 6.61 Å². The number of H-pyrrole nitrogens is 1. The number of fused-ring (bicyclic) bond motifs is 3. The zero-order valence-corrected chi connectivity index (χ0v) is 9.87. The van der Waals surface area contributed by atoms with Gasteiger partial charge in [-0.15, -0.1) is 0 Å². The molecule has 0 fully saturated rings. The number of aliphatic hydroxyl groups excluding tert-OH is 1. The van der Waals surface area contributed by atoms with E-state index in [1.165, 1.54) is 28.6 Å². The minimum absolute atomic E-state index is 0.200. The minimum Gasteiger partial charge on any atom is -0.395 e. The van der Waals surface area contributed by atoms with Crippen LogP contribution < -0.4 is 5.32 Å². The number of aromatic amines is 1. The summed E-state index contributed by atoms with van der Waals surface area (Å²) in [6.45, 7) is 0.867. The van der Waals surface area contributed by atoms with Crippen LogP contribution in [0.5, 0.6) is 0 Å². The summed E-state index contributed by atoms with van der Waals surface area (Å²) in [5.41, 5.74) is 4.02. The van der Waals surface area contributed by atoms with E-state index in [2.05, 4.69) is 34.6 Å². The van der Waals surface area contributed by atoms with Gasteiger partial charge in [0.2, 0.25) is 0 Å². The first-order chi connectivity index (χ1) is 8.40. The van der Waals surface area contributed by atoms with Gasteiger partial charge >= 0.3 is 0 Å². The lowest BCUT2D eigenvalue weighted by Crippen LogP contribution is -2.27. The van der Waals surface area contributed by atoms with Crippen molar-refractivity contribution in [1.29, 1.82) is 0 Å².